The van der Waals surface area contributed by atoms with Crippen LogP contribution in [0.4, 0.5) is 0 Å². The summed E-state index contributed by atoms with van der Waals surface area (Å²) < 4.78 is 0.851. The third kappa shape index (κ3) is 2.09. The number of aromatic nitrogens is 1. The molecule has 3 heteroatoms. The molecule has 1 heterocycles. The first-order valence-corrected chi connectivity index (χ1v) is 5.34. The number of halogens is 1. The van der Waals surface area contributed by atoms with Crippen molar-refractivity contribution in [3.05, 3.63) is 28.5 Å². The maximum Gasteiger partial charge on any atom is 0.106 e. The molecule has 13 heavy (non-hydrogen) atoms. The van der Waals surface area contributed by atoms with Crippen molar-refractivity contribution in [1.82, 2.24) is 4.98 Å². The van der Waals surface area contributed by atoms with E-state index in [2.05, 4.69) is 20.9 Å². The summed E-state index contributed by atoms with van der Waals surface area (Å²) >= 11 is 3.34. The standard InChI is InChI=1S/C10H12BrNO/c11-10-3-1-2-9(12-10)8(6-13)7-4-5-7/h1-3,7-8,13H,4-6H2/t8-/m0/s1. The maximum absolute atomic E-state index is 9.23. The molecule has 0 saturated heterocycles. The fraction of sp³-hybridized carbons (Fsp3) is 0.500. The summed E-state index contributed by atoms with van der Waals surface area (Å²) in [4.78, 5) is 4.36. The van der Waals surface area contributed by atoms with Crippen LogP contribution in [0.15, 0.2) is 22.8 Å². The minimum absolute atomic E-state index is 0.216. The van der Waals surface area contributed by atoms with Crippen LogP contribution in [-0.4, -0.2) is 16.7 Å². The minimum atomic E-state index is 0.216. The van der Waals surface area contributed by atoms with E-state index in [1.807, 2.05) is 18.2 Å². The molecular formula is C10H12BrNO. The Morgan fingerprint density at radius 1 is 1.54 bits per heavy atom. The Balaban J connectivity index is 2.21. The molecule has 1 aliphatic carbocycles. The first kappa shape index (κ1) is 9.16. The van der Waals surface area contributed by atoms with Gasteiger partial charge in [0.05, 0.1) is 6.61 Å². The molecule has 1 aromatic rings. The van der Waals surface area contributed by atoms with Gasteiger partial charge in [0.25, 0.3) is 0 Å². The highest BCUT2D eigenvalue weighted by Crippen LogP contribution is 2.41. The molecule has 1 atom stereocenters. The number of hydrogen-bond donors (Lipinski definition) is 1. The average Bonchev–Trinajstić information content (AvgIpc) is 2.90. The van der Waals surface area contributed by atoms with Crippen molar-refractivity contribution in [3.63, 3.8) is 0 Å². The lowest BCUT2D eigenvalue weighted by Gasteiger charge is -2.11. The van der Waals surface area contributed by atoms with Crippen molar-refractivity contribution >= 4 is 15.9 Å². The Kier molecular flexibility index (Phi) is 2.65. The molecule has 1 fully saturated rings. The van der Waals surface area contributed by atoms with Gasteiger partial charge >= 0.3 is 0 Å². The van der Waals surface area contributed by atoms with Crippen molar-refractivity contribution in [2.75, 3.05) is 6.61 Å². The van der Waals surface area contributed by atoms with Crippen molar-refractivity contribution in [2.45, 2.75) is 18.8 Å². The zero-order chi connectivity index (χ0) is 9.26. The van der Waals surface area contributed by atoms with Crippen LogP contribution in [0.1, 0.15) is 24.5 Å². The highest BCUT2D eigenvalue weighted by atomic mass is 79.9. The lowest BCUT2D eigenvalue weighted by Crippen LogP contribution is -2.08. The van der Waals surface area contributed by atoms with Gasteiger partial charge < -0.3 is 5.11 Å². The molecular weight excluding hydrogens is 230 g/mol. The molecule has 1 saturated carbocycles. The molecule has 0 spiro atoms. The minimum Gasteiger partial charge on any atom is -0.396 e. The third-order valence-corrected chi connectivity index (χ3v) is 2.95. The van der Waals surface area contributed by atoms with Crippen molar-refractivity contribution in [1.29, 1.82) is 0 Å². The largest absolute Gasteiger partial charge is 0.396 e. The Labute approximate surface area is 86.1 Å². The van der Waals surface area contributed by atoms with Crippen LogP contribution in [0.5, 0.6) is 0 Å². The van der Waals surface area contributed by atoms with E-state index in [-0.39, 0.29) is 12.5 Å². The topological polar surface area (TPSA) is 33.1 Å². The van der Waals surface area contributed by atoms with E-state index in [4.69, 9.17) is 0 Å². The zero-order valence-electron chi connectivity index (χ0n) is 7.28. The van der Waals surface area contributed by atoms with Crippen LogP contribution in [0, 0.1) is 5.92 Å². The smallest absolute Gasteiger partial charge is 0.106 e. The first-order valence-electron chi connectivity index (χ1n) is 4.54. The van der Waals surface area contributed by atoms with E-state index in [1.165, 1.54) is 12.8 Å². The van der Waals surface area contributed by atoms with Gasteiger partial charge in [-0.3, -0.25) is 0 Å². The SMILES string of the molecule is OC[C@H](c1cccc(Br)n1)C1CC1. The molecule has 1 aliphatic rings. The van der Waals surface area contributed by atoms with E-state index < -0.39 is 0 Å². The van der Waals surface area contributed by atoms with Crippen molar-refractivity contribution < 1.29 is 5.11 Å². The molecule has 0 bridgehead atoms. The predicted octanol–water partition coefficient (Wildman–Crippen LogP) is 2.33. The van der Waals surface area contributed by atoms with Crippen LogP contribution in [0.25, 0.3) is 0 Å². The predicted molar refractivity (Wildman–Crippen MR) is 54.5 cm³/mol. The van der Waals surface area contributed by atoms with E-state index in [9.17, 15) is 5.11 Å². The highest BCUT2D eigenvalue weighted by molar-refractivity contribution is 9.10. The average molecular weight is 242 g/mol. The number of rotatable bonds is 3. The van der Waals surface area contributed by atoms with Gasteiger partial charge in [-0.05, 0) is 46.8 Å². The Bertz CT molecular complexity index is 299. The zero-order valence-corrected chi connectivity index (χ0v) is 8.87. The molecule has 0 unspecified atom stereocenters. The fourth-order valence-electron chi connectivity index (χ4n) is 1.61. The summed E-state index contributed by atoms with van der Waals surface area (Å²) in [5.41, 5.74) is 1.01. The van der Waals surface area contributed by atoms with Crippen LogP contribution in [-0.2, 0) is 0 Å². The number of pyridine rings is 1. The Morgan fingerprint density at radius 3 is 2.85 bits per heavy atom. The molecule has 0 aliphatic heterocycles. The summed E-state index contributed by atoms with van der Waals surface area (Å²) in [6.07, 6.45) is 2.47. The van der Waals surface area contributed by atoms with Crippen LogP contribution < -0.4 is 0 Å². The van der Waals surface area contributed by atoms with Gasteiger partial charge in [-0.25, -0.2) is 4.98 Å². The molecule has 1 aromatic heterocycles. The highest BCUT2D eigenvalue weighted by Gasteiger charge is 2.32. The normalized spacial score (nSPS) is 18.6. The van der Waals surface area contributed by atoms with Gasteiger partial charge in [0.15, 0.2) is 0 Å². The molecule has 2 nitrogen and oxygen atoms in total. The summed E-state index contributed by atoms with van der Waals surface area (Å²) in [7, 11) is 0. The maximum atomic E-state index is 9.23. The summed E-state index contributed by atoms with van der Waals surface area (Å²) in [6, 6.07) is 5.87. The van der Waals surface area contributed by atoms with Gasteiger partial charge in [0.1, 0.15) is 4.60 Å². The fourth-order valence-corrected chi connectivity index (χ4v) is 1.97. The van der Waals surface area contributed by atoms with Crippen LogP contribution in [0.2, 0.25) is 0 Å². The molecule has 1 N–H and O–H groups in total. The number of nitrogens with zero attached hydrogens (tertiary/aromatic N) is 1. The molecule has 0 aromatic carbocycles. The van der Waals surface area contributed by atoms with Crippen molar-refractivity contribution in [3.8, 4) is 0 Å². The van der Waals surface area contributed by atoms with E-state index in [0.717, 1.165) is 10.3 Å². The van der Waals surface area contributed by atoms with Crippen molar-refractivity contribution in [2.24, 2.45) is 5.92 Å². The second kappa shape index (κ2) is 3.76. The van der Waals surface area contributed by atoms with Gasteiger partial charge in [0, 0.05) is 11.6 Å². The van der Waals surface area contributed by atoms with Crippen LogP contribution in [0.3, 0.4) is 0 Å². The van der Waals surface area contributed by atoms with Crippen LogP contribution >= 0.6 is 15.9 Å². The Morgan fingerprint density at radius 2 is 2.31 bits per heavy atom. The van der Waals surface area contributed by atoms with Gasteiger partial charge in [-0.1, -0.05) is 6.07 Å². The van der Waals surface area contributed by atoms with E-state index >= 15 is 0 Å². The number of aliphatic hydroxyl groups is 1. The monoisotopic (exact) mass is 241 g/mol. The van der Waals surface area contributed by atoms with Gasteiger partial charge in [0.2, 0.25) is 0 Å². The van der Waals surface area contributed by atoms with Gasteiger partial charge in [-0.15, -0.1) is 0 Å². The lowest BCUT2D eigenvalue weighted by atomic mass is 10.0. The molecule has 70 valence electrons. The lowest BCUT2D eigenvalue weighted by molar-refractivity contribution is 0.250. The number of aliphatic hydroxyl groups excluding tert-OH is 1. The second-order valence-corrected chi connectivity index (χ2v) is 4.32. The molecule has 0 radical (unpaired) electrons. The number of hydrogen-bond acceptors (Lipinski definition) is 2. The quantitative estimate of drug-likeness (QED) is 0.825. The van der Waals surface area contributed by atoms with E-state index in [1.54, 1.807) is 0 Å². The third-order valence-electron chi connectivity index (χ3n) is 2.50. The molecule has 0 amide bonds. The van der Waals surface area contributed by atoms with Gasteiger partial charge in [-0.2, -0.15) is 0 Å². The first-order chi connectivity index (χ1) is 6.31. The second-order valence-electron chi connectivity index (χ2n) is 3.51. The summed E-state index contributed by atoms with van der Waals surface area (Å²) in [5, 5.41) is 9.23. The Hall–Kier alpha value is -0.410. The van der Waals surface area contributed by atoms with E-state index in [0.29, 0.717) is 5.92 Å². The summed E-state index contributed by atoms with van der Waals surface area (Å²) in [5.74, 6) is 0.907. The summed E-state index contributed by atoms with van der Waals surface area (Å²) in [6.45, 7) is 0.216. The molecule has 2 rings (SSSR count).